The summed E-state index contributed by atoms with van der Waals surface area (Å²) < 4.78 is 4.41. The van der Waals surface area contributed by atoms with E-state index in [-0.39, 0.29) is 28.3 Å². The van der Waals surface area contributed by atoms with Crippen LogP contribution in [0.5, 0.6) is 0 Å². The van der Waals surface area contributed by atoms with Crippen LogP contribution in [0, 0.1) is 10.1 Å². The van der Waals surface area contributed by atoms with Crippen molar-refractivity contribution in [2.45, 2.75) is 6.42 Å². The Hall–Kier alpha value is -1.95. The maximum atomic E-state index is 11.1. The van der Waals surface area contributed by atoms with Gasteiger partial charge in [0.05, 0.1) is 29.0 Å². The Morgan fingerprint density at radius 3 is 2.71 bits per heavy atom. The van der Waals surface area contributed by atoms with Crippen molar-refractivity contribution in [2.24, 2.45) is 0 Å². The molecule has 0 saturated heterocycles. The third kappa shape index (κ3) is 3.01. The number of hydrogen-bond acceptors (Lipinski definition) is 5. The molecule has 0 N–H and O–H groups in total. The lowest BCUT2D eigenvalue weighted by atomic mass is 10.1. The molecule has 7 heteroatoms. The van der Waals surface area contributed by atoms with Crippen LogP contribution in [0.25, 0.3) is 0 Å². The quantitative estimate of drug-likeness (QED) is 0.355. The van der Waals surface area contributed by atoms with Crippen molar-refractivity contribution in [2.75, 3.05) is 7.11 Å². The van der Waals surface area contributed by atoms with Crippen LogP contribution >= 0.6 is 11.6 Å². The Morgan fingerprint density at radius 2 is 2.24 bits per heavy atom. The van der Waals surface area contributed by atoms with Gasteiger partial charge >= 0.3 is 5.97 Å². The van der Waals surface area contributed by atoms with E-state index in [1.165, 1.54) is 13.2 Å². The number of carbonyl (C=O) groups is 2. The van der Waals surface area contributed by atoms with E-state index in [4.69, 9.17) is 11.6 Å². The van der Waals surface area contributed by atoms with Gasteiger partial charge < -0.3 is 4.74 Å². The van der Waals surface area contributed by atoms with Crippen molar-refractivity contribution < 1.29 is 19.2 Å². The molecule has 0 spiro atoms. The fourth-order valence-electron chi connectivity index (χ4n) is 1.26. The molecule has 1 rings (SSSR count). The van der Waals surface area contributed by atoms with Crippen molar-refractivity contribution in [1.82, 2.24) is 0 Å². The predicted molar refractivity (Wildman–Crippen MR) is 59.2 cm³/mol. The number of ether oxygens (including phenoxy) is 1. The molecular weight excluding hydrogens is 250 g/mol. The number of halogens is 1. The summed E-state index contributed by atoms with van der Waals surface area (Å²) >= 11 is 5.79. The van der Waals surface area contributed by atoms with Crippen LogP contribution in [-0.4, -0.2) is 24.3 Å². The molecule has 0 unspecified atom stereocenters. The Balaban J connectivity index is 3.31. The molecule has 0 atom stereocenters. The van der Waals surface area contributed by atoms with Crippen LogP contribution in [-0.2, 0) is 16.0 Å². The predicted octanol–water partition coefficient (Wildman–Crippen LogP) is 1.78. The molecule has 0 fully saturated rings. The van der Waals surface area contributed by atoms with Gasteiger partial charge in [-0.3, -0.25) is 19.7 Å². The first kappa shape index (κ1) is 13.1. The molecule has 0 aliphatic carbocycles. The zero-order valence-corrected chi connectivity index (χ0v) is 9.56. The highest BCUT2D eigenvalue weighted by molar-refractivity contribution is 6.32. The molecule has 17 heavy (non-hydrogen) atoms. The van der Waals surface area contributed by atoms with Crippen molar-refractivity contribution in [3.05, 3.63) is 38.4 Å². The first-order chi connectivity index (χ1) is 7.99. The summed E-state index contributed by atoms with van der Waals surface area (Å²) in [4.78, 5) is 31.7. The molecular formula is C10H8ClNO5. The van der Waals surface area contributed by atoms with Crippen LogP contribution < -0.4 is 0 Å². The average molecular weight is 258 g/mol. The molecule has 90 valence electrons. The van der Waals surface area contributed by atoms with E-state index in [1.54, 1.807) is 0 Å². The minimum atomic E-state index is -0.697. The molecule has 0 aliphatic heterocycles. The third-order valence-corrected chi connectivity index (χ3v) is 2.41. The maximum Gasteiger partial charge on any atom is 0.310 e. The molecule has 0 aliphatic rings. The van der Waals surface area contributed by atoms with Gasteiger partial charge in [-0.05, 0) is 6.07 Å². The fourth-order valence-corrected chi connectivity index (χ4v) is 1.55. The number of nitro benzene ring substituents is 1. The van der Waals surface area contributed by atoms with Crippen molar-refractivity contribution >= 4 is 29.5 Å². The number of nitrogens with zero attached hydrogens (tertiary/aromatic N) is 1. The lowest BCUT2D eigenvalue weighted by molar-refractivity contribution is -0.385. The van der Waals surface area contributed by atoms with Gasteiger partial charge in [0.15, 0.2) is 0 Å². The van der Waals surface area contributed by atoms with Gasteiger partial charge in [-0.25, -0.2) is 0 Å². The van der Waals surface area contributed by atoms with E-state index in [9.17, 15) is 19.7 Å². The maximum absolute atomic E-state index is 11.1. The molecule has 0 bridgehead atoms. The molecule has 0 amide bonds. The average Bonchev–Trinajstić information content (AvgIpc) is 2.30. The molecule has 0 heterocycles. The number of nitro groups is 1. The number of esters is 1. The number of benzene rings is 1. The smallest absolute Gasteiger partial charge is 0.310 e. The number of hydrogen-bond donors (Lipinski definition) is 0. The van der Waals surface area contributed by atoms with E-state index < -0.39 is 10.9 Å². The Labute approximate surface area is 101 Å². The number of methoxy groups -OCH3 is 1. The van der Waals surface area contributed by atoms with E-state index >= 15 is 0 Å². The lowest BCUT2D eigenvalue weighted by Crippen LogP contribution is -2.08. The topological polar surface area (TPSA) is 86.5 Å². The summed E-state index contributed by atoms with van der Waals surface area (Å²) in [5, 5.41) is 10.8. The van der Waals surface area contributed by atoms with Crippen LogP contribution in [0.1, 0.15) is 15.9 Å². The summed E-state index contributed by atoms with van der Waals surface area (Å²) in [5.41, 5.74) is -0.255. The lowest BCUT2D eigenvalue weighted by Gasteiger charge is -2.05. The summed E-state index contributed by atoms with van der Waals surface area (Å²) in [6.45, 7) is 0. The van der Waals surface area contributed by atoms with E-state index in [0.29, 0.717) is 6.29 Å². The van der Waals surface area contributed by atoms with Crippen molar-refractivity contribution in [1.29, 1.82) is 0 Å². The largest absolute Gasteiger partial charge is 0.469 e. The number of aldehydes is 1. The third-order valence-electron chi connectivity index (χ3n) is 2.08. The standard InChI is InChI=1S/C10H8ClNO5/c1-17-10(14)4-7-8(11)2-6(5-13)3-9(7)12(15)16/h2-3,5H,4H2,1H3. The second-order valence-corrected chi connectivity index (χ2v) is 3.54. The summed E-state index contributed by atoms with van der Waals surface area (Å²) in [6.07, 6.45) is 0.131. The SMILES string of the molecule is COC(=O)Cc1c(Cl)cc(C=O)cc1[N+](=O)[O-]. The Kier molecular flexibility index (Phi) is 4.17. The highest BCUT2D eigenvalue weighted by Gasteiger charge is 2.21. The second kappa shape index (κ2) is 5.40. The second-order valence-electron chi connectivity index (χ2n) is 3.13. The summed E-state index contributed by atoms with van der Waals surface area (Å²) in [7, 11) is 1.17. The van der Waals surface area contributed by atoms with Gasteiger partial charge in [0.25, 0.3) is 5.69 Å². The zero-order valence-electron chi connectivity index (χ0n) is 8.81. The normalized spacial score (nSPS) is 9.76. The molecule has 0 aromatic heterocycles. The van der Waals surface area contributed by atoms with Crippen LogP contribution in [0.15, 0.2) is 12.1 Å². The van der Waals surface area contributed by atoms with Gasteiger partial charge in [0.2, 0.25) is 0 Å². The van der Waals surface area contributed by atoms with Crippen LogP contribution in [0.2, 0.25) is 5.02 Å². The van der Waals surface area contributed by atoms with Crippen molar-refractivity contribution in [3.8, 4) is 0 Å². The Bertz CT molecular complexity index is 486. The first-order valence-electron chi connectivity index (χ1n) is 4.48. The molecule has 0 saturated carbocycles. The highest BCUT2D eigenvalue weighted by Crippen LogP contribution is 2.28. The molecule has 6 nitrogen and oxygen atoms in total. The zero-order chi connectivity index (χ0) is 13.0. The Morgan fingerprint density at radius 1 is 1.59 bits per heavy atom. The van der Waals surface area contributed by atoms with Gasteiger partial charge in [-0.1, -0.05) is 11.6 Å². The molecule has 1 aromatic carbocycles. The van der Waals surface area contributed by atoms with Crippen molar-refractivity contribution in [3.63, 3.8) is 0 Å². The number of carbonyl (C=O) groups excluding carboxylic acids is 2. The first-order valence-corrected chi connectivity index (χ1v) is 4.86. The minimum absolute atomic E-state index is 0.00769. The van der Waals surface area contributed by atoms with Crippen LogP contribution in [0.4, 0.5) is 5.69 Å². The summed E-state index contributed by atoms with van der Waals surface area (Å²) in [5.74, 6) is -0.645. The monoisotopic (exact) mass is 257 g/mol. The van der Waals surface area contributed by atoms with Crippen LogP contribution in [0.3, 0.4) is 0 Å². The summed E-state index contributed by atoms with van der Waals surface area (Å²) in [6, 6.07) is 2.33. The molecule has 1 aromatic rings. The van der Waals surface area contributed by atoms with E-state index in [1.807, 2.05) is 0 Å². The van der Waals surface area contributed by atoms with Gasteiger partial charge in [-0.15, -0.1) is 0 Å². The molecule has 0 radical (unpaired) electrons. The van der Waals surface area contributed by atoms with E-state index in [0.717, 1.165) is 6.07 Å². The van der Waals surface area contributed by atoms with Gasteiger partial charge in [0, 0.05) is 11.6 Å². The minimum Gasteiger partial charge on any atom is -0.469 e. The van der Waals surface area contributed by atoms with Gasteiger partial charge in [0.1, 0.15) is 6.29 Å². The number of rotatable bonds is 4. The fraction of sp³-hybridized carbons (Fsp3) is 0.200. The van der Waals surface area contributed by atoms with E-state index in [2.05, 4.69) is 4.74 Å². The van der Waals surface area contributed by atoms with Gasteiger partial charge in [-0.2, -0.15) is 0 Å². The highest BCUT2D eigenvalue weighted by atomic mass is 35.5.